The smallest absolute Gasteiger partial charge is 0.156 e. The van der Waals surface area contributed by atoms with Gasteiger partial charge in [-0.25, -0.2) is 0 Å². The Kier molecular flexibility index (Phi) is 3.88. The molecule has 86 valence electrons. The number of nitrogens with one attached hydrogen (secondary N) is 1. The fraction of sp³-hybridized carbons (Fsp3) is 0.900. The first kappa shape index (κ1) is 11.2. The topological polar surface area (TPSA) is 30.9 Å². The molecule has 0 saturated carbocycles. The lowest BCUT2D eigenvalue weighted by atomic mass is 10.2. The van der Waals surface area contributed by atoms with Gasteiger partial charge in [-0.1, -0.05) is 11.8 Å². The number of hydrogen-bond donors (Lipinski definition) is 1. The van der Waals surface area contributed by atoms with E-state index >= 15 is 0 Å². The SMILES string of the molecule is CN1CCN(C)C(CNC2=NCCS2)C1. The maximum Gasteiger partial charge on any atom is 0.156 e. The molecule has 2 aliphatic heterocycles. The van der Waals surface area contributed by atoms with Gasteiger partial charge < -0.3 is 10.2 Å². The minimum atomic E-state index is 0.618. The van der Waals surface area contributed by atoms with Gasteiger partial charge in [0.05, 0.1) is 6.54 Å². The van der Waals surface area contributed by atoms with Crippen molar-refractivity contribution >= 4 is 16.9 Å². The van der Waals surface area contributed by atoms with Crippen molar-refractivity contribution in [3.8, 4) is 0 Å². The fourth-order valence-corrected chi connectivity index (χ4v) is 2.71. The summed E-state index contributed by atoms with van der Waals surface area (Å²) >= 11 is 1.84. The van der Waals surface area contributed by atoms with Crippen LogP contribution in [0.5, 0.6) is 0 Å². The summed E-state index contributed by atoms with van der Waals surface area (Å²) in [4.78, 5) is 9.24. The van der Waals surface area contributed by atoms with Gasteiger partial charge in [0.1, 0.15) is 0 Å². The average Bonchev–Trinajstić information content (AvgIpc) is 2.72. The molecular weight excluding hydrogens is 208 g/mol. The van der Waals surface area contributed by atoms with Gasteiger partial charge in [-0.3, -0.25) is 9.89 Å². The Bertz CT molecular complexity index is 244. The standard InChI is InChI=1S/C10H20N4S/c1-13-4-5-14(2)9(8-13)7-12-10-11-3-6-15-10/h9H,3-8H2,1-2H3,(H,11,12). The number of aliphatic imine (C=N–C) groups is 1. The molecule has 0 bridgehead atoms. The molecule has 0 aromatic heterocycles. The second-order valence-electron chi connectivity index (χ2n) is 4.31. The molecule has 0 amide bonds. The number of thioether (sulfide) groups is 1. The van der Waals surface area contributed by atoms with Crippen molar-refractivity contribution in [1.82, 2.24) is 15.1 Å². The third-order valence-corrected chi connectivity index (χ3v) is 3.99. The highest BCUT2D eigenvalue weighted by Gasteiger charge is 2.22. The Balaban J connectivity index is 1.77. The summed E-state index contributed by atoms with van der Waals surface area (Å²) in [5.41, 5.74) is 0. The van der Waals surface area contributed by atoms with E-state index in [0.29, 0.717) is 6.04 Å². The van der Waals surface area contributed by atoms with Crippen molar-refractivity contribution in [3.05, 3.63) is 0 Å². The largest absolute Gasteiger partial charge is 0.363 e. The molecule has 5 heteroatoms. The van der Waals surface area contributed by atoms with E-state index in [4.69, 9.17) is 0 Å². The monoisotopic (exact) mass is 228 g/mol. The van der Waals surface area contributed by atoms with E-state index in [1.165, 1.54) is 13.1 Å². The first-order chi connectivity index (χ1) is 7.25. The Morgan fingerprint density at radius 1 is 1.47 bits per heavy atom. The molecule has 2 aliphatic rings. The van der Waals surface area contributed by atoms with Crippen LogP contribution in [0.4, 0.5) is 0 Å². The Hall–Kier alpha value is -0.260. The van der Waals surface area contributed by atoms with E-state index < -0.39 is 0 Å². The minimum absolute atomic E-state index is 0.618. The zero-order chi connectivity index (χ0) is 10.7. The first-order valence-corrected chi connectivity index (χ1v) is 6.54. The van der Waals surface area contributed by atoms with Crippen LogP contribution >= 0.6 is 11.8 Å². The van der Waals surface area contributed by atoms with Gasteiger partial charge in [0.15, 0.2) is 5.17 Å². The van der Waals surface area contributed by atoms with Crippen molar-refractivity contribution in [2.75, 3.05) is 52.6 Å². The van der Waals surface area contributed by atoms with Crippen LogP contribution in [-0.2, 0) is 0 Å². The lowest BCUT2D eigenvalue weighted by Crippen LogP contribution is -2.54. The predicted molar refractivity (Wildman–Crippen MR) is 66.7 cm³/mol. The molecule has 1 saturated heterocycles. The predicted octanol–water partition coefficient (Wildman–Crippen LogP) is -0.0754. The number of amidine groups is 1. The molecule has 0 spiro atoms. The minimum Gasteiger partial charge on any atom is -0.363 e. The van der Waals surface area contributed by atoms with E-state index in [2.05, 4.69) is 34.2 Å². The second kappa shape index (κ2) is 5.18. The van der Waals surface area contributed by atoms with Crippen molar-refractivity contribution in [1.29, 1.82) is 0 Å². The van der Waals surface area contributed by atoms with Crippen LogP contribution in [0.2, 0.25) is 0 Å². The normalized spacial score (nSPS) is 29.2. The van der Waals surface area contributed by atoms with E-state index in [9.17, 15) is 0 Å². The highest BCUT2D eigenvalue weighted by molar-refractivity contribution is 8.14. The maximum atomic E-state index is 4.40. The lowest BCUT2D eigenvalue weighted by molar-refractivity contribution is 0.116. The number of rotatable bonds is 2. The van der Waals surface area contributed by atoms with Crippen LogP contribution in [0.25, 0.3) is 0 Å². The Morgan fingerprint density at radius 3 is 3.07 bits per heavy atom. The zero-order valence-corrected chi connectivity index (χ0v) is 10.4. The molecule has 15 heavy (non-hydrogen) atoms. The highest BCUT2D eigenvalue weighted by Crippen LogP contribution is 2.10. The van der Waals surface area contributed by atoms with E-state index in [1.807, 2.05) is 11.8 Å². The van der Waals surface area contributed by atoms with Gasteiger partial charge in [-0.2, -0.15) is 0 Å². The van der Waals surface area contributed by atoms with E-state index in [1.54, 1.807) is 0 Å². The molecule has 1 N–H and O–H groups in total. The highest BCUT2D eigenvalue weighted by atomic mass is 32.2. The van der Waals surface area contributed by atoms with Crippen LogP contribution < -0.4 is 5.32 Å². The van der Waals surface area contributed by atoms with Crippen LogP contribution in [0, 0.1) is 0 Å². The molecule has 0 aromatic rings. The van der Waals surface area contributed by atoms with Gasteiger partial charge in [-0.05, 0) is 14.1 Å². The average molecular weight is 228 g/mol. The second-order valence-corrected chi connectivity index (χ2v) is 5.40. The fourth-order valence-electron chi connectivity index (χ4n) is 1.97. The lowest BCUT2D eigenvalue weighted by Gasteiger charge is -2.37. The summed E-state index contributed by atoms with van der Waals surface area (Å²) in [7, 11) is 4.41. The molecule has 4 nitrogen and oxygen atoms in total. The Labute approximate surface area is 96.1 Å². The van der Waals surface area contributed by atoms with Crippen LogP contribution in [-0.4, -0.2) is 73.6 Å². The Morgan fingerprint density at radius 2 is 2.33 bits per heavy atom. The molecular formula is C10H20N4S. The number of hydrogen-bond acceptors (Lipinski definition) is 5. The summed E-state index contributed by atoms with van der Waals surface area (Å²) in [6.45, 7) is 5.51. The van der Waals surface area contributed by atoms with Gasteiger partial charge in [0, 0.05) is 38.0 Å². The molecule has 2 heterocycles. The molecule has 1 fully saturated rings. The summed E-state index contributed by atoms with van der Waals surface area (Å²) in [5, 5.41) is 4.58. The van der Waals surface area contributed by atoms with E-state index in [0.717, 1.165) is 30.6 Å². The molecule has 2 rings (SSSR count). The summed E-state index contributed by atoms with van der Waals surface area (Å²) < 4.78 is 0. The van der Waals surface area contributed by atoms with Gasteiger partial charge in [0.2, 0.25) is 0 Å². The van der Waals surface area contributed by atoms with Crippen molar-refractivity contribution < 1.29 is 0 Å². The molecule has 1 unspecified atom stereocenters. The first-order valence-electron chi connectivity index (χ1n) is 5.55. The van der Waals surface area contributed by atoms with Crippen molar-refractivity contribution in [2.45, 2.75) is 6.04 Å². The molecule has 0 aliphatic carbocycles. The van der Waals surface area contributed by atoms with Crippen LogP contribution in [0.3, 0.4) is 0 Å². The zero-order valence-electron chi connectivity index (χ0n) is 9.57. The van der Waals surface area contributed by atoms with E-state index in [-0.39, 0.29) is 0 Å². The summed E-state index contributed by atoms with van der Waals surface area (Å²) in [6.07, 6.45) is 0. The van der Waals surface area contributed by atoms with Crippen molar-refractivity contribution in [3.63, 3.8) is 0 Å². The van der Waals surface area contributed by atoms with Crippen molar-refractivity contribution in [2.24, 2.45) is 4.99 Å². The quantitative estimate of drug-likeness (QED) is 0.716. The van der Waals surface area contributed by atoms with Gasteiger partial charge in [-0.15, -0.1) is 0 Å². The number of piperazine rings is 1. The molecule has 0 aromatic carbocycles. The maximum absolute atomic E-state index is 4.40. The van der Waals surface area contributed by atoms with Gasteiger partial charge in [0.25, 0.3) is 0 Å². The van der Waals surface area contributed by atoms with Gasteiger partial charge >= 0.3 is 0 Å². The third-order valence-electron chi connectivity index (χ3n) is 3.05. The summed E-state index contributed by atoms with van der Waals surface area (Å²) in [5.74, 6) is 1.14. The number of nitrogens with zero attached hydrogens (tertiary/aromatic N) is 3. The third kappa shape index (κ3) is 3.09. The van der Waals surface area contributed by atoms with Crippen LogP contribution in [0.1, 0.15) is 0 Å². The number of likely N-dealkylation sites (N-methyl/N-ethyl adjacent to an activating group) is 2. The van der Waals surface area contributed by atoms with Crippen LogP contribution in [0.15, 0.2) is 4.99 Å². The molecule has 0 radical (unpaired) electrons. The summed E-state index contributed by atoms with van der Waals surface area (Å²) in [6, 6.07) is 0.618. The molecule has 1 atom stereocenters.